The number of rotatable bonds is 4. The third kappa shape index (κ3) is 3.30. The minimum atomic E-state index is -2.99. The molecule has 0 saturated carbocycles. The number of aliphatic hydroxyl groups is 2. The number of hydrogen-bond acceptors (Lipinski definition) is 3. The molecule has 0 aliphatic rings. The molecule has 0 fully saturated rings. The second kappa shape index (κ2) is 5.25. The molecule has 0 spiro atoms. The zero-order chi connectivity index (χ0) is 11.4. The van der Waals surface area contributed by atoms with E-state index in [0.717, 1.165) is 0 Å². The lowest BCUT2D eigenvalue weighted by Gasteiger charge is -2.14. The van der Waals surface area contributed by atoms with E-state index in [2.05, 4.69) is 4.74 Å². The van der Waals surface area contributed by atoms with E-state index in [0.29, 0.717) is 0 Å². The Morgan fingerprint density at radius 1 is 1.40 bits per heavy atom. The Balaban J connectivity index is 3.02. The van der Waals surface area contributed by atoms with E-state index >= 15 is 0 Å². The fraction of sp³-hybridized carbons (Fsp3) is 0.333. The predicted molar refractivity (Wildman–Crippen MR) is 50.1 cm³/mol. The fourth-order valence-corrected chi connectivity index (χ4v) is 1.26. The summed E-state index contributed by atoms with van der Waals surface area (Å²) in [6.45, 7) is -3.59. The summed E-state index contributed by atoms with van der Waals surface area (Å²) in [6, 6.07) is 3.83. The van der Waals surface area contributed by atoms with Crippen molar-refractivity contribution >= 4 is 11.6 Å². The molecule has 1 aromatic carbocycles. The van der Waals surface area contributed by atoms with Crippen molar-refractivity contribution in [2.24, 2.45) is 0 Å². The van der Waals surface area contributed by atoms with Crippen molar-refractivity contribution in [2.75, 3.05) is 6.61 Å². The second-order valence-corrected chi connectivity index (χ2v) is 3.20. The smallest absolute Gasteiger partial charge is 0.387 e. The molecule has 15 heavy (non-hydrogen) atoms. The molecule has 1 rings (SSSR count). The molecule has 0 aliphatic carbocycles. The first-order valence-electron chi connectivity index (χ1n) is 4.07. The number of hydrogen-bond donors (Lipinski definition) is 2. The molecule has 3 nitrogen and oxygen atoms in total. The highest BCUT2D eigenvalue weighted by atomic mass is 35.5. The number of alkyl halides is 2. The molecule has 1 atom stereocenters. The van der Waals surface area contributed by atoms with Crippen molar-refractivity contribution < 1.29 is 23.7 Å². The largest absolute Gasteiger partial charge is 0.434 e. The van der Waals surface area contributed by atoms with Gasteiger partial charge in [-0.1, -0.05) is 11.6 Å². The lowest BCUT2D eigenvalue weighted by molar-refractivity contribution is -0.0521. The van der Waals surface area contributed by atoms with E-state index in [1.165, 1.54) is 18.2 Å². The Bertz CT molecular complexity index is 333. The van der Waals surface area contributed by atoms with Gasteiger partial charge in [-0.25, -0.2) is 0 Å². The Morgan fingerprint density at radius 2 is 2.07 bits per heavy atom. The maximum atomic E-state index is 12.0. The number of benzene rings is 1. The normalized spacial score (nSPS) is 12.9. The highest BCUT2D eigenvalue weighted by molar-refractivity contribution is 6.30. The van der Waals surface area contributed by atoms with E-state index < -0.39 is 19.3 Å². The van der Waals surface area contributed by atoms with Crippen LogP contribution in [0.5, 0.6) is 5.75 Å². The van der Waals surface area contributed by atoms with E-state index in [-0.39, 0.29) is 16.3 Å². The first-order chi connectivity index (χ1) is 7.04. The molecule has 0 saturated heterocycles. The third-order valence-corrected chi connectivity index (χ3v) is 1.95. The summed E-state index contributed by atoms with van der Waals surface area (Å²) in [5, 5.41) is 18.3. The van der Waals surface area contributed by atoms with Gasteiger partial charge in [-0.15, -0.1) is 0 Å². The molecule has 0 aliphatic heterocycles. The summed E-state index contributed by atoms with van der Waals surface area (Å²) >= 11 is 5.62. The first kappa shape index (κ1) is 12.2. The van der Waals surface area contributed by atoms with Crippen molar-refractivity contribution in [3.8, 4) is 5.75 Å². The van der Waals surface area contributed by atoms with Gasteiger partial charge in [-0.2, -0.15) is 8.78 Å². The maximum absolute atomic E-state index is 12.0. The Kier molecular flexibility index (Phi) is 4.26. The van der Waals surface area contributed by atoms with Gasteiger partial charge >= 0.3 is 6.61 Å². The predicted octanol–water partition coefficient (Wildman–Crippen LogP) is 1.97. The molecule has 0 radical (unpaired) electrons. The molecule has 6 heteroatoms. The topological polar surface area (TPSA) is 49.7 Å². The average molecular weight is 239 g/mol. The molecular formula is C9H9ClF2O3. The van der Waals surface area contributed by atoms with Gasteiger partial charge < -0.3 is 14.9 Å². The van der Waals surface area contributed by atoms with Gasteiger partial charge in [0.2, 0.25) is 0 Å². The zero-order valence-corrected chi connectivity index (χ0v) is 8.29. The van der Waals surface area contributed by atoms with Crippen LogP contribution in [0.3, 0.4) is 0 Å². The molecule has 2 N–H and O–H groups in total. The van der Waals surface area contributed by atoms with Gasteiger partial charge in [-0.05, 0) is 18.2 Å². The molecule has 0 aromatic heterocycles. The van der Waals surface area contributed by atoms with Crippen LogP contribution < -0.4 is 4.74 Å². The van der Waals surface area contributed by atoms with Crippen molar-refractivity contribution in [1.82, 2.24) is 0 Å². The van der Waals surface area contributed by atoms with Gasteiger partial charge in [0.05, 0.1) is 6.61 Å². The monoisotopic (exact) mass is 238 g/mol. The van der Waals surface area contributed by atoms with Crippen molar-refractivity contribution in [2.45, 2.75) is 12.7 Å². The van der Waals surface area contributed by atoms with Crippen LogP contribution in [0.2, 0.25) is 5.02 Å². The van der Waals surface area contributed by atoms with Crippen molar-refractivity contribution in [3.63, 3.8) is 0 Å². The van der Waals surface area contributed by atoms with Gasteiger partial charge in [0.15, 0.2) is 0 Å². The van der Waals surface area contributed by atoms with Crippen LogP contribution in [0.25, 0.3) is 0 Å². The van der Waals surface area contributed by atoms with Crippen LogP contribution in [0, 0.1) is 0 Å². The van der Waals surface area contributed by atoms with Gasteiger partial charge in [0.1, 0.15) is 11.9 Å². The van der Waals surface area contributed by atoms with Crippen LogP contribution in [0.4, 0.5) is 8.78 Å². The first-order valence-corrected chi connectivity index (χ1v) is 4.45. The molecule has 1 aromatic rings. The van der Waals surface area contributed by atoms with Crippen molar-refractivity contribution in [1.29, 1.82) is 0 Å². The standard InChI is InChI=1S/C9H9ClF2O3/c10-5-1-2-8(15-9(11)12)6(3-5)7(14)4-13/h1-3,7,9,13-14H,4H2. The molecule has 0 heterocycles. The lowest BCUT2D eigenvalue weighted by atomic mass is 10.1. The van der Waals surface area contributed by atoms with Crippen LogP contribution in [0.15, 0.2) is 18.2 Å². The highest BCUT2D eigenvalue weighted by Gasteiger charge is 2.16. The fourth-order valence-electron chi connectivity index (χ4n) is 1.08. The molecule has 0 bridgehead atoms. The van der Waals surface area contributed by atoms with Crippen LogP contribution in [-0.2, 0) is 0 Å². The van der Waals surface area contributed by atoms with Crippen LogP contribution in [-0.4, -0.2) is 23.4 Å². The van der Waals surface area contributed by atoms with E-state index in [9.17, 15) is 13.9 Å². The van der Waals surface area contributed by atoms with Gasteiger partial charge in [0.25, 0.3) is 0 Å². The minimum Gasteiger partial charge on any atom is -0.434 e. The van der Waals surface area contributed by atoms with Gasteiger partial charge in [0, 0.05) is 10.6 Å². The zero-order valence-electron chi connectivity index (χ0n) is 7.53. The summed E-state index contributed by atoms with van der Waals surface area (Å²) in [5.41, 5.74) is 0.0327. The van der Waals surface area contributed by atoms with E-state index in [1.807, 2.05) is 0 Å². The van der Waals surface area contributed by atoms with E-state index in [4.69, 9.17) is 16.7 Å². The summed E-state index contributed by atoms with van der Waals surface area (Å²) in [5.74, 6) is -0.198. The SMILES string of the molecule is OCC(O)c1cc(Cl)ccc1OC(F)F. The van der Waals surface area contributed by atoms with Crippen LogP contribution >= 0.6 is 11.6 Å². The molecule has 0 amide bonds. The summed E-state index contributed by atoms with van der Waals surface area (Å²) < 4.78 is 28.1. The van der Waals surface area contributed by atoms with Crippen LogP contribution in [0.1, 0.15) is 11.7 Å². The maximum Gasteiger partial charge on any atom is 0.387 e. The summed E-state index contributed by atoms with van der Waals surface area (Å²) in [6.07, 6.45) is -1.29. The van der Waals surface area contributed by atoms with Gasteiger partial charge in [-0.3, -0.25) is 0 Å². The molecule has 84 valence electrons. The summed E-state index contributed by atoms with van der Waals surface area (Å²) in [4.78, 5) is 0. The highest BCUT2D eigenvalue weighted by Crippen LogP contribution is 2.29. The van der Waals surface area contributed by atoms with E-state index in [1.54, 1.807) is 0 Å². The summed E-state index contributed by atoms with van der Waals surface area (Å²) in [7, 11) is 0. The number of ether oxygens (including phenoxy) is 1. The lowest BCUT2D eigenvalue weighted by Crippen LogP contribution is -2.09. The average Bonchev–Trinajstić information content (AvgIpc) is 2.19. The minimum absolute atomic E-state index is 0.0327. The Morgan fingerprint density at radius 3 is 2.60 bits per heavy atom. The molecule has 1 unspecified atom stereocenters. The molecular weight excluding hydrogens is 230 g/mol. The second-order valence-electron chi connectivity index (χ2n) is 2.76. The number of halogens is 3. The third-order valence-electron chi connectivity index (χ3n) is 1.72. The number of aliphatic hydroxyl groups excluding tert-OH is 2. The Labute approximate surface area is 89.9 Å². The Hall–Kier alpha value is -0.910. The quantitative estimate of drug-likeness (QED) is 0.843. The van der Waals surface area contributed by atoms with Crippen molar-refractivity contribution in [3.05, 3.63) is 28.8 Å².